The first-order valence-corrected chi connectivity index (χ1v) is 5.15. The SMILES string of the molecule is O=C(C=Cc1ccc(Cl)cc1)c1ccco1. The lowest BCUT2D eigenvalue weighted by molar-refractivity contribution is 0.102. The van der Waals surface area contributed by atoms with Crippen molar-refractivity contribution in [2.24, 2.45) is 0 Å². The Labute approximate surface area is 98.2 Å². The largest absolute Gasteiger partial charge is 0.461 e. The standard InChI is InChI=1S/C13H9ClO2/c14-11-6-3-10(4-7-11)5-8-12(15)13-2-1-9-16-13/h1-9H. The molecule has 0 saturated carbocycles. The molecule has 80 valence electrons. The van der Waals surface area contributed by atoms with Crippen LogP contribution in [0.15, 0.2) is 53.2 Å². The summed E-state index contributed by atoms with van der Waals surface area (Å²) in [5.41, 5.74) is 0.921. The van der Waals surface area contributed by atoms with Crippen LogP contribution in [0.25, 0.3) is 6.08 Å². The van der Waals surface area contributed by atoms with E-state index >= 15 is 0 Å². The van der Waals surface area contributed by atoms with Crippen LogP contribution in [0.1, 0.15) is 16.1 Å². The highest BCUT2D eigenvalue weighted by molar-refractivity contribution is 6.30. The van der Waals surface area contributed by atoms with E-state index in [1.807, 2.05) is 12.1 Å². The summed E-state index contributed by atoms with van der Waals surface area (Å²) in [6.45, 7) is 0. The van der Waals surface area contributed by atoms with E-state index in [1.54, 1.807) is 30.3 Å². The quantitative estimate of drug-likeness (QED) is 0.595. The number of carbonyl (C=O) groups excluding carboxylic acids is 1. The van der Waals surface area contributed by atoms with E-state index in [2.05, 4.69) is 0 Å². The summed E-state index contributed by atoms with van der Waals surface area (Å²) in [6, 6.07) is 10.6. The van der Waals surface area contributed by atoms with Crippen LogP contribution in [-0.2, 0) is 0 Å². The Hall–Kier alpha value is -1.80. The Bertz CT molecular complexity index is 495. The number of carbonyl (C=O) groups is 1. The van der Waals surface area contributed by atoms with E-state index in [0.717, 1.165) is 5.56 Å². The first-order chi connectivity index (χ1) is 7.75. The van der Waals surface area contributed by atoms with Crippen molar-refractivity contribution < 1.29 is 9.21 Å². The average Bonchev–Trinajstić information content (AvgIpc) is 2.81. The van der Waals surface area contributed by atoms with Gasteiger partial charge in [0, 0.05) is 5.02 Å². The van der Waals surface area contributed by atoms with Gasteiger partial charge in [0.2, 0.25) is 5.78 Å². The fourth-order valence-corrected chi connectivity index (χ4v) is 1.37. The smallest absolute Gasteiger partial charge is 0.221 e. The highest BCUT2D eigenvalue weighted by Gasteiger charge is 2.03. The summed E-state index contributed by atoms with van der Waals surface area (Å²) in [5.74, 6) is 0.185. The molecule has 16 heavy (non-hydrogen) atoms. The third-order valence-corrected chi connectivity index (χ3v) is 2.31. The number of furan rings is 1. The van der Waals surface area contributed by atoms with E-state index in [9.17, 15) is 4.79 Å². The molecule has 0 aliphatic carbocycles. The van der Waals surface area contributed by atoms with Gasteiger partial charge in [-0.05, 0) is 35.9 Å². The van der Waals surface area contributed by atoms with Crippen LogP contribution >= 0.6 is 11.6 Å². The second-order valence-corrected chi connectivity index (χ2v) is 3.66. The highest BCUT2D eigenvalue weighted by Crippen LogP contribution is 2.11. The van der Waals surface area contributed by atoms with Gasteiger partial charge in [-0.2, -0.15) is 0 Å². The molecule has 0 N–H and O–H groups in total. The van der Waals surface area contributed by atoms with Gasteiger partial charge in [-0.15, -0.1) is 0 Å². The van der Waals surface area contributed by atoms with Gasteiger partial charge in [-0.1, -0.05) is 29.8 Å². The van der Waals surface area contributed by atoms with Crippen molar-refractivity contribution in [3.05, 3.63) is 65.1 Å². The minimum atomic E-state index is -0.153. The molecule has 2 rings (SSSR count). The Balaban J connectivity index is 2.10. The van der Waals surface area contributed by atoms with Gasteiger partial charge >= 0.3 is 0 Å². The third kappa shape index (κ3) is 2.61. The molecule has 3 heteroatoms. The van der Waals surface area contributed by atoms with E-state index in [4.69, 9.17) is 16.0 Å². The predicted molar refractivity (Wildman–Crippen MR) is 63.5 cm³/mol. The van der Waals surface area contributed by atoms with Gasteiger partial charge in [0.05, 0.1) is 6.26 Å². The summed E-state index contributed by atoms with van der Waals surface area (Å²) in [7, 11) is 0. The van der Waals surface area contributed by atoms with Crippen LogP contribution < -0.4 is 0 Å². The van der Waals surface area contributed by atoms with Crippen LogP contribution in [0.5, 0.6) is 0 Å². The molecule has 0 fully saturated rings. The van der Waals surface area contributed by atoms with Crippen molar-refractivity contribution in [3.8, 4) is 0 Å². The Morgan fingerprint density at radius 1 is 1.19 bits per heavy atom. The molecule has 2 nitrogen and oxygen atoms in total. The molecule has 0 spiro atoms. The molecule has 1 aromatic heterocycles. The summed E-state index contributed by atoms with van der Waals surface area (Å²) in [6.07, 6.45) is 4.67. The second kappa shape index (κ2) is 4.81. The van der Waals surface area contributed by atoms with E-state index < -0.39 is 0 Å². The lowest BCUT2D eigenvalue weighted by atomic mass is 10.2. The van der Waals surface area contributed by atoms with Crippen LogP contribution in [0.2, 0.25) is 5.02 Å². The van der Waals surface area contributed by atoms with Crippen LogP contribution in [0.4, 0.5) is 0 Å². The number of halogens is 1. The van der Waals surface area contributed by atoms with Gasteiger partial charge in [0.15, 0.2) is 5.76 Å². The minimum absolute atomic E-state index is 0.153. The zero-order valence-electron chi connectivity index (χ0n) is 8.39. The van der Waals surface area contributed by atoms with Crippen LogP contribution in [-0.4, -0.2) is 5.78 Å². The summed E-state index contributed by atoms with van der Waals surface area (Å²) < 4.78 is 4.98. The van der Waals surface area contributed by atoms with Crippen molar-refractivity contribution in [2.45, 2.75) is 0 Å². The molecular formula is C13H9ClO2. The molecule has 0 aliphatic rings. The predicted octanol–water partition coefficient (Wildman–Crippen LogP) is 3.83. The van der Waals surface area contributed by atoms with Gasteiger partial charge in [-0.25, -0.2) is 0 Å². The maximum Gasteiger partial charge on any atom is 0.221 e. The van der Waals surface area contributed by atoms with Gasteiger partial charge in [0.1, 0.15) is 0 Å². The topological polar surface area (TPSA) is 30.2 Å². The maximum atomic E-state index is 11.5. The molecular weight excluding hydrogens is 224 g/mol. The number of rotatable bonds is 3. The Morgan fingerprint density at radius 2 is 1.94 bits per heavy atom. The number of allylic oxidation sites excluding steroid dienone is 1. The van der Waals surface area contributed by atoms with Crippen molar-refractivity contribution in [2.75, 3.05) is 0 Å². The van der Waals surface area contributed by atoms with Crippen LogP contribution in [0, 0.1) is 0 Å². The number of hydrogen-bond acceptors (Lipinski definition) is 2. The first-order valence-electron chi connectivity index (χ1n) is 4.77. The Morgan fingerprint density at radius 3 is 2.56 bits per heavy atom. The maximum absolute atomic E-state index is 11.5. The van der Waals surface area contributed by atoms with Gasteiger partial charge in [0.25, 0.3) is 0 Å². The second-order valence-electron chi connectivity index (χ2n) is 3.23. The van der Waals surface area contributed by atoms with Crippen LogP contribution in [0.3, 0.4) is 0 Å². The van der Waals surface area contributed by atoms with Gasteiger partial charge < -0.3 is 4.42 Å². The number of benzene rings is 1. The normalized spacial score (nSPS) is 10.8. The van der Waals surface area contributed by atoms with Crippen molar-refractivity contribution in [1.82, 2.24) is 0 Å². The first kappa shape index (κ1) is 10.7. The molecule has 0 bridgehead atoms. The number of hydrogen-bond donors (Lipinski definition) is 0. The highest BCUT2D eigenvalue weighted by atomic mass is 35.5. The van der Waals surface area contributed by atoms with E-state index in [1.165, 1.54) is 12.3 Å². The molecule has 2 aromatic rings. The molecule has 0 atom stereocenters. The van der Waals surface area contributed by atoms with Crippen molar-refractivity contribution in [3.63, 3.8) is 0 Å². The zero-order chi connectivity index (χ0) is 11.4. The number of ketones is 1. The average molecular weight is 233 g/mol. The summed E-state index contributed by atoms with van der Waals surface area (Å²) in [5, 5.41) is 0.675. The molecule has 1 heterocycles. The molecule has 0 saturated heterocycles. The lowest BCUT2D eigenvalue weighted by Gasteiger charge is -1.93. The molecule has 1 aromatic carbocycles. The minimum Gasteiger partial charge on any atom is -0.461 e. The monoisotopic (exact) mass is 232 g/mol. The molecule has 0 radical (unpaired) electrons. The molecule has 0 unspecified atom stereocenters. The van der Waals surface area contributed by atoms with E-state index in [0.29, 0.717) is 10.8 Å². The van der Waals surface area contributed by atoms with E-state index in [-0.39, 0.29) is 5.78 Å². The molecule has 0 amide bonds. The zero-order valence-corrected chi connectivity index (χ0v) is 9.15. The fraction of sp³-hybridized carbons (Fsp3) is 0. The lowest BCUT2D eigenvalue weighted by Crippen LogP contribution is -1.90. The van der Waals surface area contributed by atoms with Crippen molar-refractivity contribution >= 4 is 23.5 Å². The Kier molecular flexibility index (Phi) is 3.22. The fourth-order valence-electron chi connectivity index (χ4n) is 1.25. The third-order valence-electron chi connectivity index (χ3n) is 2.06. The van der Waals surface area contributed by atoms with Gasteiger partial charge in [-0.3, -0.25) is 4.79 Å². The summed E-state index contributed by atoms with van der Waals surface area (Å²) in [4.78, 5) is 11.5. The molecule has 0 aliphatic heterocycles. The van der Waals surface area contributed by atoms with Crippen molar-refractivity contribution in [1.29, 1.82) is 0 Å². The summed E-state index contributed by atoms with van der Waals surface area (Å²) >= 11 is 5.75.